The first-order valence-corrected chi connectivity index (χ1v) is 6.82. The zero-order valence-corrected chi connectivity index (χ0v) is 11.3. The summed E-state index contributed by atoms with van der Waals surface area (Å²) in [7, 11) is -3.73. The smallest absolute Gasteiger partial charge is 0.246 e. The van der Waals surface area contributed by atoms with Crippen molar-refractivity contribution in [3.8, 4) is 0 Å². The van der Waals surface area contributed by atoms with Gasteiger partial charge in [0.25, 0.3) is 0 Å². The summed E-state index contributed by atoms with van der Waals surface area (Å²) in [4.78, 5) is 0.0469. The van der Waals surface area contributed by atoms with E-state index in [4.69, 9.17) is 4.52 Å². The minimum absolute atomic E-state index is 0.0469. The van der Waals surface area contributed by atoms with Gasteiger partial charge in [0, 0.05) is 0 Å². The van der Waals surface area contributed by atoms with Gasteiger partial charge in [-0.05, 0) is 27.2 Å². The van der Waals surface area contributed by atoms with Gasteiger partial charge in [-0.25, -0.2) is 13.1 Å². The topological polar surface area (TPSA) is 92.4 Å². The highest BCUT2D eigenvalue weighted by Crippen LogP contribution is 2.21. The molecule has 0 fully saturated rings. The standard InChI is InChI=1S/C10H18N2O4S/c1-5-10(4,6-13)12-17(14,15)9-7(2)11-16-8(9)3/h12-13H,5-6H2,1-4H3. The third-order valence-corrected chi connectivity index (χ3v) is 4.63. The second kappa shape index (κ2) is 4.75. The van der Waals surface area contributed by atoms with Gasteiger partial charge in [-0.15, -0.1) is 0 Å². The summed E-state index contributed by atoms with van der Waals surface area (Å²) in [6.07, 6.45) is 0.478. The van der Waals surface area contributed by atoms with E-state index in [1.807, 2.05) is 0 Å². The van der Waals surface area contributed by atoms with E-state index in [-0.39, 0.29) is 17.3 Å². The van der Waals surface area contributed by atoms with E-state index in [1.54, 1.807) is 20.8 Å². The van der Waals surface area contributed by atoms with Gasteiger partial charge in [0.2, 0.25) is 10.0 Å². The monoisotopic (exact) mass is 262 g/mol. The molecule has 0 saturated heterocycles. The van der Waals surface area contributed by atoms with Crippen LogP contribution in [0.5, 0.6) is 0 Å². The number of hydrogen-bond donors (Lipinski definition) is 2. The van der Waals surface area contributed by atoms with Crippen LogP contribution in [-0.4, -0.2) is 30.8 Å². The first-order valence-electron chi connectivity index (χ1n) is 5.33. The number of aryl methyl sites for hydroxylation is 2. The van der Waals surface area contributed by atoms with Crippen molar-refractivity contribution in [3.63, 3.8) is 0 Å². The van der Waals surface area contributed by atoms with Crippen LogP contribution in [0.15, 0.2) is 9.42 Å². The fourth-order valence-electron chi connectivity index (χ4n) is 1.45. The number of sulfonamides is 1. The molecule has 7 heteroatoms. The number of nitrogens with one attached hydrogen (secondary N) is 1. The van der Waals surface area contributed by atoms with Crippen molar-refractivity contribution >= 4 is 10.0 Å². The molecule has 0 aliphatic heterocycles. The number of aromatic nitrogens is 1. The van der Waals surface area contributed by atoms with Crippen LogP contribution in [0.2, 0.25) is 0 Å². The van der Waals surface area contributed by atoms with Crippen molar-refractivity contribution in [1.82, 2.24) is 9.88 Å². The summed E-state index contributed by atoms with van der Waals surface area (Å²) in [5.74, 6) is 0.242. The molecule has 0 aromatic carbocycles. The highest BCUT2D eigenvalue weighted by Gasteiger charge is 2.32. The predicted molar refractivity (Wildman–Crippen MR) is 62.1 cm³/mol. The van der Waals surface area contributed by atoms with E-state index < -0.39 is 15.6 Å². The molecule has 0 aliphatic carbocycles. The van der Waals surface area contributed by atoms with E-state index in [0.717, 1.165) is 0 Å². The normalized spacial score (nSPS) is 15.8. The Labute approximate surface area is 101 Å². The fraction of sp³-hybridized carbons (Fsp3) is 0.700. The lowest BCUT2D eigenvalue weighted by Gasteiger charge is -2.26. The fourth-order valence-corrected chi connectivity index (χ4v) is 3.25. The molecule has 1 unspecified atom stereocenters. The number of rotatable bonds is 5. The minimum atomic E-state index is -3.73. The molecule has 17 heavy (non-hydrogen) atoms. The average molecular weight is 262 g/mol. The van der Waals surface area contributed by atoms with Crippen LogP contribution in [0.25, 0.3) is 0 Å². The van der Waals surface area contributed by atoms with Gasteiger partial charge in [0.1, 0.15) is 10.6 Å². The van der Waals surface area contributed by atoms with Crippen molar-refractivity contribution in [1.29, 1.82) is 0 Å². The largest absolute Gasteiger partial charge is 0.394 e. The van der Waals surface area contributed by atoms with E-state index >= 15 is 0 Å². The van der Waals surface area contributed by atoms with Gasteiger partial charge >= 0.3 is 0 Å². The summed E-state index contributed by atoms with van der Waals surface area (Å²) < 4.78 is 31.6. The lowest BCUT2D eigenvalue weighted by atomic mass is 10.0. The average Bonchev–Trinajstić information content (AvgIpc) is 2.58. The van der Waals surface area contributed by atoms with Gasteiger partial charge in [-0.3, -0.25) is 0 Å². The molecule has 1 heterocycles. The number of aliphatic hydroxyl groups excluding tert-OH is 1. The molecular weight excluding hydrogens is 244 g/mol. The Morgan fingerprint density at radius 1 is 1.47 bits per heavy atom. The van der Waals surface area contributed by atoms with Crippen LogP contribution >= 0.6 is 0 Å². The zero-order chi connectivity index (χ0) is 13.3. The van der Waals surface area contributed by atoms with Crippen LogP contribution in [0, 0.1) is 13.8 Å². The van der Waals surface area contributed by atoms with Crippen molar-refractivity contribution in [2.24, 2.45) is 0 Å². The molecule has 2 N–H and O–H groups in total. The summed E-state index contributed by atoms with van der Waals surface area (Å²) >= 11 is 0. The Balaban J connectivity index is 3.14. The Kier molecular flexibility index (Phi) is 3.95. The highest BCUT2D eigenvalue weighted by molar-refractivity contribution is 7.89. The Morgan fingerprint density at radius 2 is 2.06 bits per heavy atom. The first kappa shape index (κ1) is 14.1. The number of hydrogen-bond acceptors (Lipinski definition) is 5. The highest BCUT2D eigenvalue weighted by atomic mass is 32.2. The molecule has 98 valence electrons. The molecule has 1 atom stereocenters. The first-order chi connectivity index (χ1) is 7.75. The van der Waals surface area contributed by atoms with Gasteiger partial charge in [0.05, 0.1) is 12.1 Å². The summed E-state index contributed by atoms with van der Waals surface area (Å²) in [6, 6.07) is 0. The van der Waals surface area contributed by atoms with E-state index in [0.29, 0.717) is 12.1 Å². The maximum Gasteiger partial charge on any atom is 0.246 e. The SMILES string of the molecule is CCC(C)(CO)NS(=O)(=O)c1c(C)noc1C. The quantitative estimate of drug-likeness (QED) is 0.816. The van der Waals surface area contributed by atoms with Gasteiger partial charge in [-0.2, -0.15) is 0 Å². The maximum absolute atomic E-state index is 12.1. The zero-order valence-electron chi connectivity index (χ0n) is 10.4. The van der Waals surface area contributed by atoms with Crippen LogP contribution in [0.3, 0.4) is 0 Å². The molecule has 1 aromatic rings. The second-order valence-electron chi connectivity index (χ2n) is 4.33. The van der Waals surface area contributed by atoms with Crippen LogP contribution in [0.4, 0.5) is 0 Å². The third-order valence-electron chi connectivity index (χ3n) is 2.75. The van der Waals surface area contributed by atoms with Crippen LogP contribution < -0.4 is 4.72 Å². The van der Waals surface area contributed by atoms with Crippen LogP contribution in [-0.2, 0) is 10.0 Å². The van der Waals surface area contributed by atoms with Crippen molar-refractivity contribution in [3.05, 3.63) is 11.5 Å². The van der Waals surface area contributed by atoms with E-state index in [2.05, 4.69) is 9.88 Å². The molecule has 0 bridgehead atoms. The maximum atomic E-state index is 12.1. The lowest BCUT2D eigenvalue weighted by molar-refractivity contribution is 0.191. The Hall–Kier alpha value is -0.920. The molecule has 0 spiro atoms. The predicted octanol–water partition coefficient (Wildman–Crippen LogP) is 0.731. The van der Waals surface area contributed by atoms with Gasteiger partial charge in [-0.1, -0.05) is 12.1 Å². The molecule has 0 saturated carbocycles. The van der Waals surface area contributed by atoms with E-state index in [9.17, 15) is 13.5 Å². The van der Waals surface area contributed by atoms with Gasteiger partial charge in [0.15, 0.2) is 5.76 Å². The van der Waals surface area contributed by atoms with Crippen molar-refractivity contribution in [2.75, 3.05) is 6.61 Å². The molecular formula is C10H18N2O4S. The molecule has 1 rings (SSSR count). The summed E-state index contributed by atoms with van der Waals surface area (Å²) in [5.41, 5.74) is -0.569. The molecule has 0 aliphatic rings. The van der Waals surface area contributed by atoms with Crippen LogP contribution in [0.1, 0.15) is 31.7 Å². The molecule has 1 aromatic heterocycles. The Bertz CT molecular complexity index is 469. The molecule has 0 radical (unpaired) electrons. The van der Waals surface area contributed by atoms with Crippen molar-refractivity contribution in [2.45, 2.75) is 44.6 Å². The summed E-state index contributed by atoms with van der Waals surface area (Å²) in [6.45, 7) is 6.27. The minimum Gasteiger partial charge on any atom is -0.394 e. The molecule has 6 nitrogen and oxygen atoms in total. The molecule has 0 amide bonds. The van der Waals surface area contributed by atoms with Crippen molar-refractivity contribution < 1.29 is 18.0 Å². The summed E-state index contributed by atoms with van der Waals surface area (Å²) in [5, 5.41) is 12.8. The van der Waals surface area contributed by atoms with Gasteiger partial charge < -0.3 is 9.63 Å². The number of nitrogens with zero attached hydrogens (tertiary/aromatic N) is 1. The van der Waals surface area contributed by atoms with E-state index in [1.165, 1.54) is 6.92 Å². The second-order valence-corrected chi connectivity index (χ2v) is 5.95. The number of aliphatic hydroxyl groups is 1. The lowest BCUT2D eigenvalue weighted by Crippen LogP contribution is -2.48. The third kappa shape index (κ3) is 2.85. The Morgan fingerprint density at radius 3 is 2.41 bits per heavy atom.